The van der Waals surface area contributed by atoms with Crippen molar-refractivity contribution in [2.24, 2.45) is 0 Å². The van der Waals surface area contributed by atoms with Crippen LogP contribution in [0.5, 0.6) is 0 Å². The molecule has 0 aliphatic carbocycles. The zero-order valence-electron chi connectivity index (χ0n) is 37.6. The summed E-state index contributed by atoms with van der Waals surface area (Å²) in [5, 5.41) is 19.5. The van der Waals surface area contributed by atoms with Gasteiger partial charge in [-0.05, 0) is 110 Å². The third-order valence-corrected chi connectivity index (χ3v) is 12.6. The van der Waals surface area contributed by atoms with Crippen LogP contribution in [-0.4, -0.2) is 105 Å². The number of piperazine rings is 2. The molecule has 4 fully saturated rings. The first-order valence-corrected chi connectivity index (χ1v) is 23.2. The van der Waals surface area contributed by atoms with Crippen molar-refractivity contribution in [3.63, 3.8) is 0 Å². The van der Waals surface area contributed by atoms with Gasteiger partial charge in [-0.2, -0.15) is 4.39 Å². The molecule has 2 aromatic carbocycles. The molecule has 14 nitrogen and oxygen atoms in total. The Hall–Kier alpha value is -6.66. The Kier molecular flexibility index (Phi) is 14.7. The van der Waals surface area contributed by atoms with Crippen molar-refractivity contribution in [3.8, 4) is 22.8 Å². The lowest BCUT2D eigenvalue weighted by molar-refractivity contribution is 0.534. The number of nitrogens with one attached hydrogen (secondary N) is 3. The highest BCUT2D eigenvalue weighted by Gasteiger charge is 2.29. The number of nitrogens with zero attached hydrogens (tertiary/aromatic N) is 11. The molecule has 0 spiro atoms. The van der Waals surface area contributed by atoms with Crippen LogP contribution in [0.3, 0.4) is 0 Å². The third-order valence-electron chi connectivity index (χ3n) is 12.6. The van der Waals surface area contributed by atoms with Crippen molar-refractivity contribution < 1.29 is 13.2 Å². The summed E-state index contributed by atoms with van der Waals surface area (Å²) in [5.74, 6) is 1.64. The molecule has 0 unspecified atom stereocenters. The first-order valence-electron chi connectivity index (χ1n) is 23.2. The predicted octanol–water partition coefficient (Wildman–Crippen LogP) is 7.69. The van der Waals surface area contributed by atoms with E-state index in [0.717, 1.165) is 137 Å². The minimum atomic E-state index is -0.547. The Bertz CT molecular complexity index is 2930. The highest BCUT2D eigenvalue weighted by Crippen LogP contribution is 2.37. The van der Waals surface area contributed by atoms with E-state index >= 15 is 0 Å². The van der Waals surface area contributed by atoms with Gasteiger partial charge in [0.1, 0.15) is 40.5 Å². The van der Waals surface area contributed by atoms with E-state index in [1.807, 2.05) is 59.2 Å². The lowest BCUT2D eigenvalue weighted by Gasteiger charge is -2.28. The molecule has 0 radical (unpaired) electrons. The first kappa shape index (κ1) is 46.5. The summed E-state index contributed by atoms with van der Waals surface area (Å²) in [4.78, 5) is 24.5. The van der Waals surface area contributed by atoms with Gasteiger partial charge in [0.15, 0.2) is 11.3 Å². The van der Waals surface area contributed by atoms with Crippen LogP contribution in [-0.2, 0) is 0 Å². The Morgan fingerprint density at radius 1 is 0.485 bits per heavy atom. The van der Waals surface area contributed by atoms with Crippen LogP contribution in [0.1, 0.15) is 48.9 Å². The molecule has 0 saturated carbocycles. The second kappa shape index (κ2) is 21.5. The number of fused-ring (bicyclic) bond motifs is 2. The zero-order chi connectivity index (χ0) is 45.5. The van der Waals surface area contributed by atoms with E-state index in [1.54, 1.807) is 47.1 Å². The van der Waals surface area contributed by atoms with Gasteiger partial charge in [-0.3, -0.25) is 0 Å². The van der Waals surface area contributed by atoms with Crippen LogP contribution in [0.2, 0.25) is 0 Å². The van der Waals surface area contributed by atoms with Gasteiger partial charge in [0, 0.05) is 65.4 Å². The Morgan fingerprint density at radius 2 is 0.971 bits per heavy atom. The van der Waals surface area contributed by atoms with E-state index in [9.17, 15) is 13.2 Å². The number of hydrogen-bond acceptors (Lipinski definition) is 12. The number of aromatic nitrogens is 8. The molecule has 0 bridgehead atoms. The molecule has 18 heteroatoms. The monoisotopic (exact) mass is 942 g/mol. The topological polar surface area (TPSA) is 132 Å². The fourth-order valence-corrected chi connectivity index (χ4v) is 9.38. The number of hydrogen-bond donors (Lipinski definition) is 3. The molecule has 0 amide bonds. The van der Waals surface area contributed by atoms with Gasteiger partial charge in [-0.1, -0.05) is 36.4 Å². The van der Waals surface area contributed by atoms with Gasteiger partial charge < -0.3 is 30.7 Å². The minimum Gasteiger partial charge on any atom is -0.354 e. The fraction of sp³-hybridized carbons (Fsp3) is 0.320. The average Bonchev–Trinajstić information content (AvgIpc) is 4.22. The van der Waals surface area contributed by atoms with E-state index in [0.29, 0.717) is 17.0 Å². The summed E-state index contributed by atoms with van der Waals surface area (Å²) in [5.41, 5.74) is 6.19. The van der Waals surface area contributed by atoms with Crippen LogP contribution in [0.4, 0.5) is 30.6 Å². The molecule has 6 aromatic heterocycles. The third kappa shape index (κ3) is 10.4. The number of imidazole rings is 2. The maximum absolute atomic E-state index is 13.9. The fourth-order valence-electron chi connectivity index (χ4n) is 9.38. The van der Waals surface area contributed by atoms with Crippen LogP contribution in [0.15, 0.2) is 122 Å². The van der Waals surface area contributed by atoms with Crippen LogP contribution >= 0.6 is 12.4 Å². The molecule has 12 rings (SSSR count). The first-order chi connectivity index (χ1) is 32.9. The normalized spacial score (nSPS) is 18.2. The molecule has 4 saturated heterocycles. The molecular formula is C50H54ClF3N14. The van der Waals surface area contributed by atoms with E-state index in [-0.39, 0.29) is 36.1 Å². The van der Waals surface area contributed by atoms with E-state index in [1.165, 1.54) is 18.2 Å². The molecule has 4 aliphatic rings. The maximum Gasteiger partial charge on any atom is 0.213 e. The number of halogens is 4. The van der Waals surface area contributed by atoms with Gasteiger partial charge in [0.2, 0.25) is 5.95 Å². The Balaban J connectivity index is 0.000000151. The average molecular weight is 944 g/mol. The standard InChI is InChI=1S/C25H26FN7.C21H17F2N5.C4H10N2.ClH/c26-19-5-1-4-18(16-19)21-7-3-13-32(21)25-10-9-23-28-17-22(33(23)30-25)20-6-2-8-24(29-20)31-14-11-27-12-15-31;22-15-5-1-4-14(12-15)17-7-3-11-27(17)21-10-9-20-24-13-18(28(20)26-21)16-6-2-8-19(23)25-16;1-2-6-4-3-5-1;/h1-2,4-6,8-10,16-17,21,27H,3,7,11-15H2;1-2,4-6,8-10,12-13,17H,3,7,11H2;5-6H,1-4H2;1H/t21-;17-;;/m11../s1. The highest BCUT2D eigenvalue weighted by atomic mass is 35.5. The Labute approximate surface area is 399 Å². The smallest absolute Gasteiger partial charge is 0.213 e. The molecule has 3 N–H and O–H groups in total. The van der Waals surface area contributed by atoms with Gasteiger partial charge >= 0.3 is 0 Å². The summed E-state index contributed by atoms with van der Waals surface area (Å²) >= 11 is 0. The lowest BCUT2D eigenvalue weighted by atomic mass is 10.0. The minimum absolute atomic E-state index is 0. The summed E-state index contributed by atoms with van der Waals surface area (Å²) < 4.78 is 44.7. The quantitative estimate of drug-likeness (QED) is 0.136. The zero-order valence-corrected chi connectivity index (χ0v) is 38.4. The maximum atomic E-state index is 13.9. The Morgan fingerprint density at radius 3 is 1.47 bits per heavy atom. The number of anilines is 3. The SMILES string of the molecule is C1CNCCN1.Cl.Fc1cccc([C@H]2CCCN2c2ccc3ncc(-c4cccc(F)n4)n3n2)c1.Fc1cccc([C@H]2CCCN2c2ccc3ncc(-c4cccc(N5CCNCC5)n4)n3n2)c1. The predicted molar refractivity (Wildman–Crippen MR) is 262 cm³/mol. The van der Waals surface area contributed by atoms with Gasteiger partial charge in [0.25, 0.3) is 0 Å². The van der Waals surface area contributed by atoms with Crippen LogP contribution in [0, 0.1) is 17.6 Å². The summed E-state index contributed by atoms with van der Waals surface area (Å²) in [6.45, 7) is 10.1. The molecular weight excluding hydrogens is 889 g/mol. The largest absolute Gasteiger partial charge is 0.354 e. The number of benzene rings is 2. The number of rotatable bonds is 7. The molecule has 352 valence electrons. The molecule has 8 aromatic rings. The van der Waals surface area contributed by atoms with Crippen molar-refractivity contribution in [2.45, 2.75) is 37.8 Å². The van der Waals surface area contributed by atoms with Crippen molar-refractivity contribution in [1.29, 1.82) is 0 Å². The number of pyridine rings is 2. The van der Waals surface area contributed by atoms with Crippen molar-refractivity contribution in [3.05, 3.63) is 150 Å². The van der Waals surface area contributed by atoms with Crippen molar-refractivity contribution >= 4 is 41.2 Å². The molecule has 68 heavy (non-hydrogen) atoms. The van der Waals surface area contributed by atoms with Gasteiger partial charge in [-0.15, -0.1) is 22.6 Å². The summed E-state index contributed by atoms with van der Waals surface area (Å²) in [6.07, 6.45) is 7.45. The lowest BCUT2D eigenvalue weighted by Crippen LogP contribution is -2.43. The van der Waals surface area contributed by atoms with Crippen molar-refractivity contribution in [1.82, 2.24) is 55.1 Å². The van der Waals surface area contributed by atoms with Crippen LogP contribution in [0.25, 0.3) is 34.1 Å². The van der Waals surface area contributed by atoms with E-state index < -0.39 is 5.95 Å². The highest BCUT2D eigenvalue weighted by molar-refractivity contribution is 5.85. The van der Waals surface area contributed by atoms with Crippen LogP contribution < -0.4 is 30.7 Å². The molecule has 2 atom stereocenters. The van der Waals surface area contributed by atoms with Crippen molar-refractivity contribution in [2.75, 3.05) is 80.1 Å². The van der Waals surface area contributed by atoms with Gasteiger partial charge in [-0.25, -0.2) is 37.7 Å². The summed E-state index contributed by atoms with van der Waals surface area (Å²) in [7, 11) is 0. The molecule has 10 heterocycles. The van der Waals surface area contributed by atoms with Gasteiger partial charge in [0.05, 0.1) is 35.9 Å². The molecule has 4 aliphatic heterocycles. The second-order valence-corrected chi connectivity index (χ2v) is 17.0. The van der Waals surface area contributed by atoms with E-state index in [2.05, 4.69) is 51.7 Å². The second-order valence-electron chi connectivity index (χ2n) is 17.0. The summed E-state index contributed by atoms with van der Waals surface area (Å²) in [6, 6.07) is 32.4. The van der Waals surface area contributed by atoms with E-state index in [4.69, 9.17) is 15.2 Å².